The van der Waals surface area contributed by atoms with Gasteiger partial charge in [0.15, 0.2) is 0 Å². The molecule has 2 rings (SSSR count). The summed E-state index contributed by atoms with van der Waals surface area (Å²) in [7, 11) is 0. The number of ether oxygens (including phenoxy) is 1. The summed E-state index contributed by atoms with van der Waals surface area (Å²) in [4.78, 5) is 1.31. The van der Waals surface area contributed by atoms with Crippen LogP contribution in [-0.2, 0) is 0 Å². The summed E-state index contributed by atoms with van der Waals surface area (Å²) >= 11 is 0. The second-order valence-electron chi connectivity index (χ2n) is 3.89. The number of nitrogens with zero attached hydrogens (tertiary/aromatic N) is 1. The Labute approximate surface area is 91.6 Å². The summed E-state index contributed by atoms with van der Waals surface area (Å²) in [5, 5.41) is 0. The fourth-order valence-electron chi connectivity index (χ4n) is 1.85. The van der Waals surface area contributed by atoms with Gasteiger partial charge in [-0.15, -0.1) is 0 Å². The third-order valence-corrected chi connectivity index (χ3v) is 2.38. The SMILES string of the molecule is CC1CN(CC(F)(F)F)c2ccccc2O1. The van der Waals surface area contributed by atoms with Crippen LogP contribution in [0.1, 0.15) is 6.92 Å². The smallest absolute Gasteiger partial charge is 0.405 e. The largest absolute Gasteiger partial charge is 0.487 e. The molecular weight excluding hydrogens is 219 g/mol. The zero-order valence-electron chi connectivity index (χ0n) is 8.79. The van der Waals surface area contributed by atoms with Gasteiger partial charge in [-0.1, -0.05) is 12.1 Å². The summed E-state index contributed by atoms with van der Waals surface area (Å²) in [6, 6.07) is 6.80. The average molecular weight is 231 g/mol. The van der Waals surface area contributed by atoms with Crippen molar-refractivity contribution in [2.45, 2.75) is 19.2 Å². The highest BCUT2D eigenvalue weighted by molar-refractivity contribution is 5.60. The number of rotatable bonds is 1. The predicted octanol–water partition coefficient (Wildman–Crippen LogP) is 2.84. The lowest BCUT2D eigenvalue weighted by Gasteiger charge is -2.35. The monoisotopic (exact) mass is 231 g/mol. The molecule has 0 saturated carbocycles. The lowest BCUT2D eigenvalue weighted by Crippen LogP contribution is -2.43. The van der Waals surface area contributed by atoms with Gasteiger partial charge >= 0.3 is 6.18 Å². The maximum Gasteiger partial charge on any atom is 0.405 e. The number of fused-ring (bicyclic) bond motifs is 1. The van der Waals surface area contributed by atoms with Crippen LogP contribution in [0.3, 0.4) is 0 Å². The molecule has 1 atom stereocenters. The van der Waals surface area contributed by atoms with E-state index in [0.717, 1.165) is 0 Å². The molecule has 16 heavy (non-hydrogen) atoms. The highest BCUT2D eigenvalue weighted by Gasteiger charge is 2.34. The van der Waals surface area contributed by atoms with E-state index in [1.54, 1.807) is 31.2 Å². The average Bonchev–Trinajstić information content (AvgIpc) is 2.14. The molecule has 0 amide bonds. The van der Waals surface area contributed by atoms with Crippen molar-refractivity contribution >= 4 is 5.69 Å². The summed E-state index contributed by atoms with van der Waals surface area (Å²) in [5.74, 6) is 0.519. The molecule has 2 nitrogen and oxygen atoms in total. The standard InChI is InChI=1S/C11H12F3NO/c1-8-6-15(7-11(12,13)14)9-4-2-3-5-10(9)16-8/h2-5,8H,6-7H2,1H3. The van der Waals surface area contributed by atoms with Crippen LogP contribution in [0.5, 0.6) is 5.75 Å². The van der Waals surface area contributed by atoms with Gasteiger partial charge in [-0.05, 0) is 19.1 Å². The molecule has 1 aromatic carbocycles. The Morgan fingerprint density at radius 2 is 2.06 bits per heavy atom. The summed E-state index contributed by atoms with van der Waals surface area (Å²) in [6.45, 7) is 1.09. The first-order valence-corrected chi connectivity index (χ1v) is 5.03. The van der Waals surface area contributed by atoms with E-state index in [-0.39, 0.29) is 12.6 Å². The molecule has 0 bridgehead atoms. The van der Waals surface area contributed by atoms with Crippen LogP contribution in [0.15, 0.2) is 24.3 Å². The number of halogens is 3. The van der Waals surface area contributed by atoms with Crippen molar-refractivity contribution < 1.29 is 17.9 Å². The lowest BCUT2D eigenvalue weighted by molar-refractivity contribution is -0.120. The van der Waals surface area contributed by atoms with Crippen LogP contribution < -0.4 is 9.64 Å². The van der Waals surface area contributed by atoms with Crippen molar-refractivity contribution in [3.8, 4) is 5.75 Å². The van der Waals surface area contributed by atoms with E-state index in [1.165, 1.54) is 4.90 Å². The van der Waals surface area contributed by atoms with E-state index < -0.39 is 12.7 Å². The van der Waals surface area contributed by atoms with Crippen molar-refractivity contribution in [1.82, 2.24) is 0 Å². The van der Waals surface area contributed by atoms with Crippen molar-refractivity contribution in [1.29, 1.82) is 0 Å². The van der Waals surface area contributed by atoms with E-state index in [4.69, 9.17) is 4.74 Å². The fraction of sp³-hybridized carbons (Fsp3) is 0.455. The molecule has 0 aromatic heterocycles. The Morgan fingerprint density at radius 3 is 2.75 bits per heavy atom. The van der Waals surface area contributed by atoms with Crippen molar-refractivity contribution in [3.05, 3.63) is 24.3 Å². The van der Waals surface area contributed by atoms with Crippen molar-refractivity contribution in [3.63, 3.8) is 0 Å². The van der Waals surface area contributed by atoms with Crippen LogP contribution >= 0.6 is 0 Å². The van der Waals surface area contributed by atoms with Gasteiger partial charge in [0, 0.05) is 0 Å². The third kappa shape index (κ3) is 2.40. The van der Waals surface area contributed by atoms with Gasteiger partial charge in [-0.3, -0.25) is 0 Å². The molecule has 1 heterocycles. The van der Waals surface area contributed by atoms with Crippen LogP contribution in [0.25, 0.3) is 0 Å². The van der Waals surface area contributed by atoms with Gasteiger partial charge in [0.25, 0.3) is 0 Å². The molecule has 1 aliphatic rings. The zero-order chi connectivity index (χ0) is 11.8. The molecule has 1 aliphatic heterocycles. The number of para-hydroxylation sites is 2. The van der Waals surface area contributed by atoms with E-state index >= 15 is 0 Å². The van der Waals surface area contributed by atoms with E-state index in [2.05, 4.69) is 0 Å². The normalized spacial score (nSPS) is 20.2. The minimum Gasteiger partial charge on any atom is -0.487 e. The van der Waals surface area contributed by atoms with Crippen LogP contribution in [-0.4, -0.2) is 25.4 Å². The van der Waals surface area contributed by atoms with E-state index in [9.17, 15) is 13.2 Å². The quantitative estimate of drug-likeness (QED) is 0.736. The van der Waals surface area contributed by atoms with Crippen LogP contribution in [0.4, 0.5) is 18.9 Å². The Bertz CT molecular complexity index is 378. The maximum absolute atomic E-state index is 12.4. The summed E-state index contributed by atoms with van der Waals surface area (Å²) in [6.07, 6.45) is -4.42. The van der Waals surface area contributed by atoms with Gasteiger partial charge in [-0.2, -0.15) is 13.2 Å². The predicted molar refractivity (Wildman–Crippen MR) is 54.8 cm³/mol. The molecule has 1 aromatic rings. The molecule has 1 unspecified atom stereocenters. The Kier molecular flexibility index (Phi) is 2.69. The Morgan fingerprint density at radius 1 is 1.38 bits per heavy atom. The number of anilines is 1. The number of hydrogen-bond donors (Lipinski definition) is 0. The topological polar surface area (TPSA) is 12.5 Å². The van der Waals surface area contributed by atoms with Crippen LogP contribution in [0, 0.1) is 0 Å². The number of hydrogen-bond acceptors (Lipinski definition) is 2. The molecular formula is C11H12F3NO. The van der Waals surface area contributed by atoms with Crippen molar-refractivity contribution in [2.24, 2.45) is 0 Å². The second-order valence-corrected chi connectivity index (χ2v) is 3.89. The maximum atomic E-state index is 12.4. The van der Waals surface area contributed by atoms with E-state index in [0.29, 0.717) is 11.4 Å². The van der Waals surface area contributed by atoms with Gasteiger partial charge in [0.2, 0.25) is 0 Å². The Hall–Kier alpha value is -1.39. The fourth-order valence-corrected chi connectivity index (χ4v) is 1.85. The van der Waals surface area contributed by atoms with Gasteiger partial charge in [0.05, 0.1) is 12.2 Å². The minimum atomic E-state index is -4.19. The van der Waals surface area contributed by atoms with Gasteiger partial charge in [0.1, 0.15) is 18.4 Å². The van der Waals surface area contributed by atoms with Crippen molar-refractivity contribution in [2.75, 3.05) is 18.0 Å². The number of alkyl halides is 3. The molecule has 0 spiro atoms. The third-order valence-electron chi connectivity index (χ3n) is 2.38. The van der Waals surface area contributed by atoms with Gasteiger partial charge in [-0.25, -0.2) is 0 Å². The molecule has 5 heteroatoms. The minimum absolute atomic E-state index is 0.225. The lowest BCUT2D eigenvalue weighted by atomic mass is 10.2. The highest BCUT2D eigenvalue weighted by Crippen LogP contribution is 2.34. The molecule has 0 radical (unpaired) electrons. The van der Waals surface area contributed by atoms with E-state index in [1.807, 2.05) is 0 Å². The molecule has 0 fully saturated rings. The molecule has 0 saturated heterocycles. The summed E-state index contributed by atoms with van der Waals surface area (Å²) < 4.78 is 42.6. The first-order valence-electron chi connectivity index (χ1n) is 5.03. The second kappa shape index (κ2) is 3.88. The number of benzene rings is 1. The molecule has 88 valence electrons. The zero-order valence-corrected chi connectivity index (χ0v) is 8.79. The summed E-state index contributed by atoms with van der Waals surface area (Å²) in [5.41, 5.74) is 0.512. The van der Waals surface area contributed by atoms with Gasteiger partial charge < -0.3 is 9.64 Å². The molecule has 0 aliphatic carbocycles. The molecule has 0 N–H and O–H groups in total. The first-order chi connectivity index (χ1) is 7.46. The van der Waals surface area contributed by atoms with Crippen LogP contribution in [0.2, 0.25) is 0 Å². The first kappa shape index (κ1) is 11.1. The Balaban J connectivity index is 2.27. The highest BCUT2D eigenvalue weighted by atomic mass is 19.4.